The Balaban J connectivity index is 1.94. The summed E-state index contributed by atoms with van der Waals surface area (Å²) in [5, 5.41) is 3.27. The maximum absolute atomic E-state index is 11.9. The van der Waals surface area contributed by atoms with Gasteiger partial charge in [0.25, 0.3) is 0 Å². The summed E-state index contributed by atoms with van der Waals surface area (Å²) in [5.74, 6) is 0.0870. The van der Waals surface area contributed by atoms with E-state index in [9.17, 15) is 4.79 Å². The maximum Gasteiger partial charge on any atom is 0.248 e. The first-order chi connectivity index (χ1) is 9.34. The number of methoxy groups -OCH3 is 1. The highest BCUT2D eigenvalue weighted by atomic mass is 16.5. The highest BCUT2D eigenvalue weighted by Gasteiger charge is 2.14. The maximum atomic E-state index is 11.9. The molecule has 0 bridgehead atoms. The predicted octanol–water partition coefficient (Wildman–Crippen LogP) is -0.122. The number of nitrogens with zero attached hydrogens (tertiary/aromatic N) is 1. The van der Waals surface area contributed by atoms with Crippen LogP contribution in [0.2, 0.25) is 0 Å². The molecular weight excluding hydrogens is 248 g/mol. The van der Waals surface area contributed by atoms with Crippen LogP contribution in [0.25, 0.3) is 0 Å². The van der Waals surface area contributed by atoms with Gasteiger partial charge in [0.05, 0.1) is 13.2 Å². The Morgan fingerprint density at radius 2 is 1.95 bits per heavy atom. The topological polar surface area (TPSA) is 60.0 Å². The Bertz CT molecular complexity index is 231. The smallest absolute Gasteiger partial charge is 0.248 e. The molecule has 1 aliphatic rings. The van der Waals surface area contributed by atoms with Crippen LogP contribution in [0.3, 0.4) is 0 Å². The molecule has 0 spiro atoms. The Labute approximate surface area is 115 Å². The number of rotatable bonds is 9. The van der Waals surface area contributed by atoms with E-state index in [1.807, 2.05) is 4.90 Å². The zero-order valence-electron chi connectivity index (χ0n) is 11.9. The second-order valence-electron chi connectivity index (χ2n) is 4.50. The fourth-order valence-electron chi connectivity index (χ4n) is 1.85. The van der Waals surface area contributed by atoms with E-state index in [4.69, 9.17) is 14.2 Å². The van der Waals surface area contributed by atoms with Crippen molar-refractivity contribution in [1.29, 1.82) is 0 Å². The molecule has 112 valence electrons. The SMILES string of the molecule is COCCOCCCOCC(=O)N1CCCNCC1. The molecule has 1 N–H and O–H groups in total. The number of carbonyl (C=O) groups excluding carboxylic acids is 1. The van der Waals surface area contributed by atoms with Crippen LogP contribution >= 0.6 is 0 Å². The van der Waals surface area contributed by atoms with Gasteiger partial charge >= 0.3 is 0 Å². The molecule has 19 heavy (non-hydrogen) atoms. The Morgan fingerprint density at radius 1 is 1.11 bits per heavy atom. The molecule has 0 radical (unpaired) electrons. The minimum absolute atomic E-state index is 0.0870. The van der Waals surface area contributed by atoms with Gasteiger partial charge in [0.2, 0.25) is 5.91 Å². The van der Waals surface area contributed by atoms with Crippen molar-refractivity contribution in [2.24, 2.45) is 0 Å². The van der Waals surface area contributed by atoms with Crippen molar-refractivity contribution in [2.75, 3.05) is 66.3 Å². The average Bonchev–Trinajstić information content (AvgIpc) is 2.70. The Kier molecular flexibility index (Phi) is 9.61. The van der Waals surface area contributed by atoms with E-state index in [0.717, 1.165) is 39.0 Å². The number of nitrogens with one attached hydrogen (secondary N) is 1. The third-order valence-electron chi connectivity index (χ3n) is 2.93. The molecule has 0 aromatic heterocycles. The zero-order valence-corrected chi connectivity index (χ0v) is 11.9. The highest BCUT2D eigenvalue weighted by molar-refractivity contribution is 5.77. The van der Waals surface area contributed by atoms with Crippen LogP contribution in [-0.2, 0) is 19.0 Å². The summed E-state index contributed by atoms with van der Waals surface area (Å²) in [6.45, 7) is 6.08. The van der Waals surface area contributed by atoms with Crippen molar-refractivity contribution in [2.45, 2.75) is 12.8 Å². The third kappa shape index (κ3) is 8.15. The van der Waals surface area contributed by atoms with Gasteiger partial charge in [-0.3, -0.25) is 4.79 Å². The summed E-state index contributed by atoms with van der Waals surface area (Å²) >= 11 is 0. The van der Waals surface area contributed by atoms with E-state index in [1.54, 1.807) is 7.11 Å². The molecule has 1 saturated heterocycles. The molecule has 1 rings (SSSR count). The average molecular weight is 274 g/mol. The summed E-state index contributed by atoms with van der Waals surface area (Å²) in [4.78, 5) is 13.7. The molecule has 0 saturated carbocycles. The van der Waals surface area contributed by atoms with Crippen molar-refractivity contribution in [1.82, 2.24) is 10.2 Å². The van der Waals surface area contributed by atoms with Gasteiger partial charge in [-0.1, -0.05) is 0 Å². The number of amides is 1. The summed E-state index contributed by atoms with van der Waals surface area (Å²) in [6.07, 6.45) is 1.82. The minimum Gasteiger partial charge on any atom is -0.382 e. The van der Waals surface area contributed by atoms with Crippen LogP contribution in [0.4, 0.5) is 0 Å². The van der Waals surface area contributed by atoms with Crippen LogP contribution in [-0.4, -0.2) is 77.1 Å². The summed E-state index contributed by atoms with van der Waals surface area (Å²) in [5.41, 5.74) is 0. The fourth-order valence-corrected chi connectivity index (χ4v) is 1.85. The van der Waals surface area contributed by atoms with Gasteiger partial charge in [-0.05, 0) is 19.4 Å². The number of hydrogen-bond acceptors (Lipinski definition) is 5. The van der Waals surface area contributed by atoms with Gasteiger partial charge in [0.1, 0.15) is 6.61 Å². The second-order valence-corrected chi connectivity index (χ2v) is 4.50. The van der Waals surface area contributed by atoms with E-state index >= 15 is 0 Å². The van der Waals surface area contributed by atoms with Gasteiger partial charge in [-0.2, -0.15) is 0 Å². The number of hydrogen-bond donors (Lipinski definition) is 1. The lowest BCUT2D eigenvalue weighted by Gasteiger charge is -2.19. The molecule has 6 nitrogen and oxygen atoms in total. The summed E-state index contributed by atoms with van der Waals surface area (Å²) in [7, 11) is 1.65. The van der Waals surface area contributed by atoms with Crippen molar-refractivity contribution < 1.29 is 19.0 Å². The van der Waals surface area contributed by atoms with E-state index in [0.29, 0.717) is 26.4 Å². The van der Waals surface area contributed by atoms with Gasteiger partial charge in [0.15, 0.2) is 0 Å². The fraction of sp³-hybridized carbons (Fsp3) is 0.923. The van der Waals surface area contributed by atoms with E-state index in [-0.39, 0.29) is 12.5 Å². The lowest BCUT2D eigenvalue weighted by molar-refractivity contribution is -0.136. The molecule has 0 aliphatic carbocycles. The van der Waals surface area contributed by atoms with E-state index < -0.39 is 0 Å². The van der Waals surface area contributed by atoms with Crippen molar-refractivity contribution in [3.05, 3.63) is 0 Å². The highest BCUT2D eigenvalue weighted by Crippen LogP contribution is 1.97. The number of carbonyl (C=O) groups is 1. The Morgan fingerprint density at radius 3 is 2.79 bits per heavy atom. The van der Waals surface area contributed by atoms with Gasteiger partial charge in [-0.25, -0.2) is 0 Å². The zero-order chi connectivity index (χ0) is 13.8. The largest absolute Gasteiger partial charge is 0.382 e. The second kappa shape index (κ2) is 11.2. The van der Waals surface area contributed by atoms with Crippen LogP contribution in [0.5, 0.6) is 0 Å². The molecule has 6 heteroatoms. The van der Waals surface area contributed by atoms with Gasteiger partial charge in [-0.15, -0.1) is 0 Å². The standard InChI is InChI=1S/C13H26N2O4/c1-17-10-11-18-8-3-9-19-12-13(16)15-6-2-4-14-5-7-15/h14H,2-12H2,1H3. The van der Waals surface area contributed by atoms with E-state index in [2.05, 4.69) is 5.32 Å². The normalized spacial score (nSPS) is 16.4. The predicted molar refractivity (Wildman–Crippen MR) is 72.2 cm³/mol. The first-order valence-electron chi connectivity index (χ1n) is 6.97. The molecule has 1 amide bonds. The number of ether oxygens (including phenoxy) is 3. The molecule has 0 atom stereocenters. The molecular formula is C13H26N2O4. The molecule has 0 unspecified atom stereocenters. The minimum atomic E-state index is 0.0870. The molecule has 1 heterocycles. The first-order valence-corrected chi connectivity index (χ1v) is 6.97. The van der Waals surface area contributed by atoms with Crippen molar-refractivity contribution >= 4 is 5.91 Å². The third-order valence-corrected chi connectivity index (χ3v) is 2.93. The van der Waals surface area contributed by atoms with Gasteiger partial charge in [0, 0.05) is 40.0 Å². The lowest BCUT2D eigenvalue weighted by atomic mass is 10.4. The Hall–Kier alpha value is -0.690. The van der Waals surface area contributed by atoms with Crippen molar-refractivity contribution in [3.8, 4) is 0 Å². The quantitative estimate of drug-likeness (QED) is 0.594. The van der Waals surface area contributed by atoms with E-state index in [1.165, 1.54) is 0 Å². The van der Waals surface area contributed by atoms with Crippen LogP contribution in [0.15, 0.2) is 0 Å². The molecule has 0 aromatic rings. The molecule has 1 fully saturated rings. The van der Waals surface area contributed by atoms with Gasteiger partial charge < -0.3 is 24.4 Å². The summed E-state index contributed by atoms with van der Waals surface area (Å²) in [6, 6.07) is 0. The molecule has 1 aliphatic heterocycles. The monoisotopic (exact) mass is 274 g/mol. The molecule has 0 aromatic carbocycles. The van der Waals surface area contributed by atoms with Crippen molar-refractivity contribution in [3.63, 3.8) is 0 Å². The lowest BCUT2D eigenvalue weighted by Crippen LogP contribution is -2.36. The van der Waals surface area contributed by atoms with Crippen LogP contribution in [0.1, 0.15) is 12.8 Å². The van der Waals surface area contributed by atoms with Crippen LogP contribution in [0, 0.1) is 0 Å². The van der Waals surface area contributed by atoms with Crippen LogP contribution < -0.4 is 5.32 Å². The first kappa shape index (κ1) is 16.4. The summed E-state index contributed by atoms with van der Waals surface area (Å²) < 4.78 is 15.5.